The first-order chi connectivity index (χ1) is 9.19. The van der Waals surface area contributed by atoms with Crippen molar-refractivity contribution in [3.8, 4) is 0 Å². The van der Waals surface area contributed by atoms with Crippen LogP contribution in [0.15, 0.2) is 18.3 Å². The summed E-state index contributed by atoms with van der Waals surface area (Å²) in [7, 11) is 0. The smallest absolute Gasteiger partial charge is 0.0372 e. The van der Waals surface area contributed by atoms with Crippen LogP contribution in [-0.4, -0.2) is 35.6 Å². The molecule has 3 heteroatoms. The highest BCUT2D eigenvalue weighted by molar-refractivity contribution is 5.13. The number of aryl methyl sites for hydroxylation is 1. The van der Waals surface area contributed by atoms with Gasteiger partial charge in [-0.05, 0) is 44.0 Å². The highest BCUT2D eigenvalue weighted by atomic mass is 15.2. The number of nitrogens with one attached hydrogen (secondary N) is 1. The monoisotopic (exact) mass is 261 g/mol. The molecular weight excluding hydrogens is 234 g/mol. The number of hydrogen-bond donors (Lipinski definition) is 1. The summed E-state index contributed by atoms with van der Waals surface area (Å²) in [6.45, 7) is 11.2. The summed E-state index contributed by atoms with van der Waals surface area (Å²) >= 11 is 0. The molecule has 0 radical (unpaired) electrons. The van der Waals surface area contributed by atoms with Crippen molar-refractivity contribution >= 4 is 0 Å². The molecule has 0 spiro atoms. The molecule has 2 atom stereocenters. The van der Waals surface area contributed by atoms with Crippen LogP contribution in [0.25, 0.3) is 0 Å². The molecule has 1 aliphatic rings. The minimum absolute atomic E-state index is 0.630. The van der Waals surface area contributed by atoms with Crippen LogP contribution in [0.1, 0.15) is 37.9 Å². The van der Waals surface area contributed by atoms with Gasteiger partial charge in [-0.1, -0.05) is 26.3 Å². The van der Waals surface area contributed by atoms with Crippen LogP contribution < -0.4 is 5.32 Å². The normalized spacial score (nSPS) is 23.0. The molecule has 1 N–H and O–H groups in total. The van der Waals surface area contributed by atoms with E-state index in [1.54, 1.807) is 0 Å². The van der Waals surface area contributed by atoms with Crippen molar-refractivity contribution in [3.63, 3.8) is 0 Å². The molecule has 2 unspecified atom stereocenters. The molecule has 2 heterocycles. The lowest BCUT2D eigenvalue weighted by Gasteiger charge is -2.28. The van der Waals surface area contributed by atoms with Crippen LogP contribution >= 0.6 is 0 Å². The molecule has 0 aliphatic carbocycles. The average Bonchev–Trinajstić information content (AvgIpc) is 2.66. The second-order valence-corrected chi connectivity index (χ2v) is 5.84. The van der Waals surface area contributed by atoms with Gasteiger partial charge in [-0.25, -0.2) is 0 Å². The Morgan fingerprint density at radius 1 is 1.47 bits per heavy atom. The van der Waals surface area contributed by atoms with Gasteiger partial charge in [0.2, 0.25) is 0 Å². The average molecular weight is 261 g/mol. The SMILES string of the molecule is CCC(C)C1CN(Cc2ccc(C)nc2)CCCN1. The molecule has 2 rings (SSSR count). The van der Waals surface area contributed by atoms with E-state index in [0.29, 0.717) is 6.04 Å². The van der Waals surface area contributed by atoms with E-state index in [0.717, 1.165) is 31.2 Å². The van der Waals surface area contributed by atoms with Crippen molar-refractivity contribution in [2.75, 3.05) is 19.6 Å². The molecule has 1 aromatic heterocycles. The maximum Gasteiger partial charge on any atom is 0.0372 e. The number of pyridine rings is 1. The lowest BCUT2D eigenvalue weighted by Crippen LogP contribution is -2.41. The minimum Gasteiger partial charge on any atom is -0.312 e. The fraction of sp³-hybridized carbons (Fsp3) is 0.688. The fourth-order valence-electron chi connectivity index (χ4n) is 2.68. The molecule has 0 saturated carbocycles. The highest BCUT2D eigenvalue weighted by Crippen LogP contribution is 2.14. The first-order valence-corrected chi connectivity index (χ1v) is 7.56. The van der Waals surface area contributed by atoms with Gasteiger partial charge in [0.1, 0.15) is 0 Å². The van der Waals surface area contributed by atoms with Crippen molar-refractivity contribution in [1.82, 2.24) is 15.2 Å². The van der Waals surface area contributed by atoms with Gasteiger partial charge in [-0.15, -0.1) is 0 Å². The molecule has 3 nitrogen and oxygen atoms in total. The maximum absolute atomic E-state index is 4.40. The Kier molecular flexibility index (Phi) is 5.34. The summed E-state index contributed by atoms with van der Waals surface area (Å²) in [5.41, 5.74) is 2.43. The Morgan fingerprint density at radius 2 is 2.32 bits per heavy atom. The molecule has 0 amide bonds. The Balaban J connectivity index is 1.96. The zero-order valence-corrected chi connectivity index (χ0v) is 12.5. The fourth-order valence-corrected chi connectivity index (χ4v) is 2.68. The predicted octanol–water partition coefficient (Wildman–Crippen LogP) is 2.60. The summed E-state index contributed by atoms with van der Waals surface area (Å²) in [6, 6.07) is 4.95. The second kappa shape index (κ2) is 7.01. The zero-order valence-electron chi connectivity index (χ0n) is 12.5. The maximum atomic E-state index is 4.40. The van der Waals surface area contributed by atoms with Crippen LogP contribution in [0.2, 0.25) is 0 Å². The zero-order chi connectivity index (χ0) is 13.7. The Hall–Kier alpha value is -0.930. The molecular formula is C16H27N3. The molecule has 0 aromatic carbocycles. The van der Waals surface area contributed by atoms with Gasteiger partial charge < -0.3 is 5.32 Å². The number of aromatic nitrogens is 1. The Labute approximate surface area is 117 Å². The first-order valence-electron chi connectivity index (χ1n) is 7.56. The molecule has 106 valence electrons. The van der Waals surface area contributed by atoms with E-state index in [2.05, 4.69) is 41.2 Å². The lowest BCUT2D eigenvalue weighted by atomic mass is 9.99. The van der Waals surface area contributed by atoms with Crippen LogP contribution in [0, 0.1) is 12.8 Å². The summed E-state index contributed by atoms with van der Waals surface area (Å²) in [6.07, 6.45) is 4.51. The van der Waals surface area contributed by atoms with Crippen molar-refractivity contribution < 1.29 is 0 Å². The van der Waals surface area contributed by atoms with Gasteiger partial charge in [-0.2, -0.15) is 0 Å². The standard InChI is InChI=1S/C16H27N3/c1-4-13(2)16-12-19(9-5-8-17-16)11-15-7-6-14(3)18-10-15/h6-7,10,13,16-17H,4-5,8-9,11-12H2,1-3H3. The van der Waals surface area contributed by atoms with Gasteiger partial charge in [0.05, 0.1) is 0 Å². The van der Waals surface area contributed by atoms with Crippen LogP contribution in [0.3, 0.4) is 0 Å². The van der Waals surface area contributed by atoms with Crippen LogP contribution in [0.5, 0.6) is 0 Å². The van der Waals surface area contributed by atoms with E-state index in [1.165, 1.54) is 24.9 Å². The summed E-state index contributed by atoms with van der Waals surface area (Å²) in [5, 5.41) is 3.70. The van der Waals surface area contributed by atoms with Crippen LogP contribution in [0.4, 0.5) is 0 Å². The number of rotatable bonds is 4. The molecule has 1 fully saturated rings. The van der Waals surface area contributed by atoms with Gasteiger partial charge >= 0.3 is 0 Å². The predicted molar refractivity (Wildman–Crippen MR) is 80.1 cm³/mol. The molecule has 1 aromatic rings. The molecule has 1 saturated heterocycles. The number of hydrogen-bond acceptors (Lipinski definition) is 3. The van der Waals surface area contributed by atoms with E-state index < -0.39 is 0 Å². The van der Waals surface area contributed by atoms with E-state index in [1.807, 2.05) is 13.1 Å². The highest BCUT2D eigenvalue weighted by Gasteiger charge is 2.21. The third-order valence-electron chi connectivity index (χ3n) is 4.22. The van der Waals surface area contributed by atoms with Crippen molar-refractivity contribution in [3.05, 3.63) is 29.6 Å². The first kappa shape index (κ1) is 14.5. The van der Waals surface area contributed by atoms with Crippen molar-refractivity contribution in [1.29, 1.82) is 0 Å². The van der Waals surface area contributed by atoms with Gasteiger partial charge in [0, 0.05) is 31.0 Å². The third-order valence-corrected chi connectivity index (χ3v) is 4.22. The van der Waals surface area contributed by atoms with Gasteiger partial charge in [0.25, 0.3) is 0 Å². The topological polar surface area (TPSA) is 28.2 Å². The van der Waals surface area contributed by atoms with E-state index in [9.17, 15) is 0 Å². The summed E-state index contributed by atoms with van der Waals surface area (Å²) in [4.78, 5) is 6.97. The summed E-state index contributed by atoms with van der Waals surface area (Å²) in [5.74, 6) is 0.747. The van der Waals surface area contributed by atoms with Gasteiger partial charge in [-0.3, -0.25) is 9.88 Å². The largest absolute Gasteiger partial charge is 0.312 e. The van der Waals surface area contributed by atoms with Crippen molar-refractivity contribution in [2.45, 2.75) is 46.2 Å². The minimum atomic E-state index is 0.630. The third kappa shape index (κ3) is 4.29. The molecule has 19 heavy (non-hydrogen) atoms. The second-order valence-electron chi connectivity index (χ2n) is 5.84. The van der Waals surface area contributed by atoms with E-state index in [-0.39, 0.29) is 0 Å². The molecule has 0 bridgehead atoms. The quantitative estimate of drug-likeness (QED) is 0.903. The Bertz CT molecular complexity index is 374. The van der Waals surface area contributed by atoms with Crippen molar-refractivity contribution in [2.24, 2.45) is 5.92 Å². The molecule has 1 aliphatic heterocycles. The summed E-state index contributed by atoms with van der Waals surface area (Å²) < 4.78 is 0. The lowest BCUT2D eigenvalue weighted by molar-refractivity contribution is 0.231. The van der Waals surface area contributed by atoms with E-state index in [4.69, 9.17) is 0 Å². The number of nitrogens with zero attached hydrogens (tertiary/aromatic N) is 2. The Morgan fingerprint density at radius 3 is 3.00 bits per heavy atom. The van der Waals surface area contributed by atoms with E-state index >= 15 is 0 Å². The van der Waals surface area contributed by atoms with Crippen LogP contribution in [-0.2, 0) is 6.54 Å². The van der Waals surface area contributed by atoms with Gasteiger partial charge in [0.15, 0.2) is 0 Å².